The normalized spacial score (nSPS) is 12.5. The van der Waals surface area contributed by atoms with Crippen LogP contribution in [0.25, 0.3) is 10.2 Å². The van der Waals surface area contributed by atoms with Crippen LogP contribution in [0.3, 0.4) is 0 Å². The van der Waals surface area contributed by atoms with Crippen LogP contribution in [0.2, 0.25) is 0 Å². The third-order valence-corrected chi connectivity index (χ3v) is 6.69. The van der Waals surface area contributed by atoms with Gasteiger partial charge < -0.3 is 5.32 Å². The number of thioether (sulfide) groups is 1. The van der Waals surface area contributed by atoms with Crippen LogP contribution in [-0.4, -0.2) is 20.7 Å². The van der Waals surface area contributed by atoms with Gasteiger partial charge in [-0.05, 0) is 44.4 Å². The third kappa shape index (κ3) is 4.31. The van der Waals surface area contributed by atoms with Crippen LogP contribution in [0.15, 0.2) is 40.3 Å². The van der Waals surface area contributed by atoms with Crippen molar-refractivity contribution in [2.24, 2.45) is 5.92 Å². The van der Waals surface area contributed by atoms with Crippen molar-refractivity contribution in [3.8, 4) is 0 Å². The van der Waals surface area contributed by atoms with E-state index in [1.165, 1.54) is 23.1 Å². The monoisotopic (exact) mass is 415 g/mol. The molecule has 0 saturated carbocycles. The highest BCUT2D eigenvalue weighted by molar-refractivity contribution is 8.00. The van der Waals surface area contributed by atoms with E-state index in [1.54, 1.807) is 4.57 Å². The fourth-order valence-corrected chi connectivity index (χ4v) is 4.89. The van der Waals surface area contributed by atoms with Gasteiger partial charge in [0.05, 0.1) is 10.6 Å². The number of benzene rings is 1. The van der Waals surface area contributed by atoms with Gasteiger partial charge >= 0.3 is 0 Å². The highest BCUT2D eigenvalue weighted by Gasteiger charge is 2.22. The molecule has 2 heterocycles. The number of para-hydroxylation sites is 1. The summed E-state index contributed by atoms with van der Waals surface area (Å²) in [5, 5.41) is 3.83. The summed E-state index contributed by atoms with van der Waals surface area (Å²) in [6.45, 7) is 10.5. The second-order valence-corrected chi connectivity index (χ2v) is 9.79. The number of carbonyl (C=O) groups is 1. The van der Waals surface area contributed by atoms with E-state index in [4.69, 9.17) is 4.98 Å². The van der Waals surface area contributed by atoms with Crippen LogP contribution in [-0.2, 0) is 11.3 Å². The largest absolute Gasteiger partial charge is 0.325 e. The number of hydrogen-bond donors (Lipinski definition) is 1. The molecule has 1 aromatic carbocycles. The first-order valence-corrected chi connectivity index (χ1v) is 11.0. The summed E-state index contributed by atoms with van der Waals surface area (Å²) < 4.78 is 1.73. The lowest BCUT2D eigenvalue weighted by molar-refractivity contribution is -0.115. The van der Waals surface area contributed by atoms with Crippen molar-refractivity contribution in [2.75, 3.05) is 5.32 Å². The maximum absolute atomic E-state index is 13.2. The number of nitrogens with zero attached hydrogens (tertiary/aromatic N) is 2. The summed E-state index contributed by atoms with van der Waals surface area (Å²) in [7, 11) is 0. The fraction of sp³-hybridized carbons (Fsp3) is 0.381. The maximum atomic E-state index is 13.2. The Bertz CT molecular complexity index is 1050. The van der Waals surface area contributed by atoms with Crippen molar-refractivity contribution in [1.82, 2.24) is 9.55 Å². The number of anilines is 1. The van der Waals surface area contributed by atoms with Crippen molar-refractivity contribution < 1.29 is 4.79 Å². The van der Waals surface area contributed by atoms with Gasteiger partial charge in [-0.2, -0.15) is 0 Å². The van der Waals surface area contributed by atoms with Crippen molar-refractivity contribution in [2.45, 2.75) is 51.6 Å². The second-order valence-electron chi connectivity index (χ2n) is 7.28. The van der Waals surface area contributed by atoms with Gasteiger partial charge in [0, 0.05) is 17.1 Å². The molecular weight excluding hydrogens is 390 g/mol. The smallest absolute Gasteiger partial charge is 0.263 e. The Morgan fingerprint density at radius 3 is 2.54 bits per heavy atom. The Hall–Kier alpha value is -2.12. The lowest BCUT2D eigenvalue weighted by Crippen LogP contribution is -2.28. The number of nitrogens with one attached hydrogen (secondary N) is 1. The standard InChI is InChI=1S/C21H25N3O2S2/c1-12(2)11-24-20(26)17-13(3)14(4)27-19(17)23-21(24)28-15(5)18(25)22-16-9-7-6-8-10-16/h6-10,12,15H,11H2,1-5H3,(H,22,25)/t15-/m0/s1. The van der Waals surface area contributed by atoms with Crippen molar-refractivity contribution >= 4 is 44.9 Å². The van der Waals surface area contributed by atoms with Gasteiger partial charge in [-0.3, -0.25) is 14.2 Å². The van der Waals surface area contributed by atoms with Crippen molar-refractivity contribution in [3.63, 3.8) is 0 Å². The topological polar surface area (TPSA) is 64.0 Å². The number of amides is 1. The molecule has 0 spiro atoms. The van der Waals surface area contributed by atoms with Gasteiger partial charge in [0.2, 0.25) is 5.91 Å². The summed E-state index contributed by atoms with van der Waals surface area (Å²) in [5.74, 6) is 0.185. The molecule has 3 rings (SSSR count). The summed E-state index contributed by atoms with van der Waals surface area (Å²) in [6, 6.07) is 9.37. The average molecular weight is 416 g/mol. The molecule has 1 N–H and O–H groups in total. The van der Waals surface area contributed by atoms with E-state index >= 15 is 0 Å². The minimum atomic E-state index is -0.384. The van der Waals surface area contributed by atoms with Crippen LogP contribution in [0.4, 0.5) is 5.69 Å². The van der Waals surface area contributed by atoms with Gasteiger partial charge in [0.1, 0.15) is 4.83 Å². The molecule has 0 unspecified atom stereocenters. The molecule has 0 saturated heterocycles. The molecular formula is C21H25N3O2S2. The zero-order valence-corrected chi connectivity index (χ0v) is 18.4. The second kappa shape index (κ2) is 8.49. The van der Waals surface area contributed by atoms with Gasteiger partial charge in [0.15, 0.2) is 5.16 Å². The summed E-state index contributed by atoms with van der Waals surface area (Å²) in [4.78, 5) is 32.4. The Kier molecular flexibility index (Phi) is 6.25. The maximum Gasteiger partial charge on any atom is 0.263 e. The number of carbonyl (C=O) groups excluding carboxylic acids is 1. The van der Waals surface area contributed by atoms with E-state index in [1.807, 2.05) is 51.1 Å². The minimum absolute atomic E-state index is 0.0151. The molecule has 1 amide bonds. The van der Waals surface area contributed by atoms with Gasteiger partial charge in [-0.15, -0.1) is 11.3 Å². The van der Waals surface area contributed by atoms with Crippen LogP contribution in [0.1, 0.15) is 31.2 Å². The number of aryl methyl sites for hydroxylation is 2. The molecule has 7 heteroatoms. The minimum Gasteiger partial charge on any atom is -0.325 e. The van der Waals surface area contributed by atoms with E-state index in [0.29, 0.717) is 23.0 Å². The lowest BCUT2D eigenvalue weighted by atomic mass is 10.2. The summed E-state index contributed by atoms with van der Waals surface area (Å²) >= 11 is 2.86. The van der Waals surface area contributed by atoms with E-state index < -0.39 is 0 Å². The number of thiophene rings is 1. The van der Waals surface area contributed by atoms with Gasteiger partial charge in [0.25, 0.3) is 5.56 Å². The molecule has 0 radical (unpaired) electrons. The highest BCUT2D eigenvalue weighted by Crippen LogP contribution is 2.30. The molecule has 28 heavy (non-hydrogen) atoms. The lowest BCUT2D eigenvalue weighted by Gasteiger charge is -2.17. The summed E-state index contributed by atoms with van der Waals surface area (Å²) in [6.07, 6.45) is 0. The van der Waals surface area contributed by atoms with Gasteiger partial charge in [-0.25, -0.2) is 4.98 Å². The summed E-state index contributed by atoms with van der Waals surface area (Å²) in [5.41, 5.74) is 1.74. The zero-order chi connectivity index (χ0) is 20.4. The predicted molar refractivity (Wildman–Crippen MR) is 119 cm³/mol. The molecule has 5 nitrogen and oxygen atoms in total. The van der Waals surface area contributed by atoms with Crippen molar-refractivity contribution in [1.29, 1.82) is 0 Å². The number of fused-ring (bicyclic) bond motifs is 1. The number of rotatable bonds is 6. The molecule has 2 aromatic heterocycles. The first kappa shape index (κ1) is 20.6. The number of aromatic nitrogens is 2. The quantitative estimate of drug-likeness (QED) is 0.462. The van der Waals surface area contributed by atoms with Crippen LogP contribution >= 0.6 is 23.1 Å². The van der Waals surface area contributed by atoms with E-state index in [9.17, 15) is 9.59 Å². The molecule has 0 fully saturated rings. The van der Waals surface area contributed by atoms with Crippen LogP contribution in [0.5, 0.6) is 0 Å². The molecule has 0 aliphatic carbocycles. The number of hydrogen-bond acceptors (Lipinski definition) is 5. The molecule has 1 atom stereocenters. The van der Waals surface area contributed by atoms with E-state index in [-0.39, 0.29) is 16.7 Å². The molecule has 0 bridgehead atoms. The van der Waals surface area contributed by atoms with Crippen LogP contribution < -0.4 is 10.9 Å². The highest BCUT2D eigenvalue weighted by atomic mass is 32.2. The third-order valence-electron chi connectivity index (χ3n) is 4.49. The Morgan fingerprint density at radius 2 is 1.89 bits per heavy atom. The Labute approximate surface area is 173 Å². The molecule has 148 valence electrons. The first-order valence-electron chi connectivity index (χ1n) is 9.31. The molecule has 0 aliphatic heterocycles. The molecule has 3 aromatic rings. The van der Waals surface area contributed by atoms with Crippen molar-refractivity contribution in [3.05, 3.63) is 51.1 Å². The Balaban J connectivity index is 1.94. The average Bonchev–Trinajstić information content (AvgIpc) is 2.93. The van der Waals surface area contributed by atoms with E-state index in [2.05, 4.69) is 19.2 Å². The molecule has 0 aliphatic rings. The zero-order valence-electron chi connectivity index (χ0n) is 16.8. The predicted octanol–water partition coefficient (Wildman–Crippen LogP) is 4.85. The van der Waals surface area contributed by atoms with Crippen LogP contribution in [0, 0.1) is 19.8 Å². The van der Waals surface area contributed by atoms with E-state index in [0.717, 1.165) is 21.0 Å². The first-order chi connectivity index (χ1) is 13.3. The SMILES string of the molecule is Cc1sc2nc(S[C@@H](C)C(=O)Nc3ccccc3)n(CC(C)C)c(=O)c2c1C. The Morgan fingerprint density at radius 1 is 1.21 bits per heavy atom. The van der Waals surface area contributed by atoms with Gasteiger partial charge in [-0.1, -0.05) is 43.8 Å². The fourth-order valence-electron chi connectivity index (χ4n) is 2.90.